The maximum atomic E-state index is 13.0. The maximum Gasteiger partial charge on any atom is 0.243 e. The minimum Gasteiger partial charge on any atom is -0.389 e. The first-order valence-electron chi connectivity index (χ1n) is 8.99. The Morgan fingerprint density at radius 3 is 2.14 bits per heavy atom. The molecule has 2 saturated heterocycles. The highest BCUT2D eigenvalue weighted by Gasteiger charge is 2.57. The van der Waals surface area contributed by atoms with Gasteiger partial charge in [-0.25, -0.2) is 0 Å². The molecule has 2 heterocycles. The van der Waals surface area contributed by atoms with Crippen LogP contribution in [-0.4, -0.2) is 71.3 Å². The Labute approximate surface area is 132 Å². The smallest absolute Gasteiger partial charge is 0.243 e. The highest BCUT2D eigenvalue weighted by Crippen LogP contribution is 2.46. The molecule has 0 radical (unpaired) electrons. The summed E-state index contributed by atoms with van der Waals surface area (Å²) in [5, 5.41) is 10.8. The van der Waals surface area contributed by atoms with Gasteiger partial charge in [-0.05, 0) is 44.4 Å². The van der Waals surface area contributed by atoms with Crippen LogP contribution >= 0.6 is 0 Å². The van der Waals surface area contributed by atoms with E-state index in [1.165, 1.54) is 19.3 Å². The van der Waals surface area contributed by atoms with Crippen LogP contribution in [0.2, 0.25) is 0 Å². The number of amides is 1. The van der Waals surface area contributed by atoms with E-state index >= 15 is 0 Å². The van der Waals surface area contributed by atoms with Gasteiger partial charge >= 0.3 is 0 Å². The zero-order chi connectivity index (χ0) is 15.2. The fourth-order valence-electron chi connectivity index (χ4n) is 4.52. The van der Waals surface area contributed by atoms with E-state index in [1.54, 1.807) is 0 Å². The Balaban J connectivity index is 1.37. The molecule has 1 amide bonds. The predicted octanol–water partition coefficient (Wildman–Crippen LogP) is 1.00. The van der Waals surface area contributed by atoms with Gasteiger partial charge in [-0.1, -0.05) is 6.42 Å². The molecule has 0 aromatic heterocycles. The number of morpholine rings is 1. The zero-order valence-corrected chi connectivity index (χ0v) is 13.4. The molecule has 0 bridgehead atoms. The molecule has 124 valence electrons. The van der Waals surface area contributed by atoms with Gasteiger partial charge in [-0.3, -0.25) is 9.69 Å². The van der Waals surface area contributed by atoms with E-state index in [2.05, 4.69) is 4.90 Å². The normalized spacial score (nSPS) is 31.6. The summed E-state index contributed by atoms with van der Waals surface area (Å²) >= 11 is 0. The molecule has 2 aliphatic heterocycles. The van der Waals surface area contributed by atoms with Crippen LogP contribution in [-0.2, 0) is 9.53 Å². The van der Waals surface area contributed by atoms with Crippen molar-refractivity contribution in [2.24, 2.45) is 5.92 Å². The summed E-state index contributed by atoms with van der Waals surface area (Å²) in [6.07, 6.45) is 7.12. The average molecular weight is 308 g/mol. The summed E-state index contributed by atoms with van der Waals surface area (Å²) in [6.45, 7) is 4.72. The summed E-state index contributed by atoms with van der Waals surface area (Å²) in [5.74, 6) is 0.795. The molecule has 0 atom stereocenters. The first kappa shape index (κ1) is 14.9. The summed E-state index contributed by atoms with van der Waals surface area (Å²) in [5.41, 5.74) is -0.722. The van der Waals surface area contributed by atoms with Gasteiger partial charge in [0.25, 0.3) is 0 Å². The Kier molecular flexibility index (Phi) is 3.70. The second kappa shape index (κ2) is 5.46. The van der Waals surface area contributed by atoms with Crippen molar-refractivity contribution in [1.29, 1.82) is 0 Å². The van der Waals surface area contributed by atoms with E-state index in [-0.39, 0.29) is 5.54 Å². The Bertz CT molecular complexity index is 431. The fraction of sp³-hybridized carbons (Fsp3) is 0.941. The van der Waals surface area contributed by atoms with Crippen molar-refractivity contribution in [2.75, 3.05) is 39.4 Å². The standard InChI is InChI=1S/C17H28N2O3/c20-15(16(4-5-16)19-10-12-22-13-11-19)18-8-6-17(21,7-9-18)14-2-1-3-14/h14,21H,1-13H2. The van der Waals surface area contributed by atoms with Crippen molar-refractivity contribution in [2.45, 2.75) is 56.1 Å². The van der Waals surface area contributed by atoms with Crippen LogP contribution in [0.4, 0.5) is 0 Å². The van der Waals surface area contributed by atoms with Crippen LogP contribution in [0.15, 0.2) is 0 Å². The van der Waals surface area contributed by atoms with Crippen LogP contribution in [0.3, 0.4) is 0 Å². The molecule has 5 nitrogen and oxygen atoms in total. The number of rotatable bonds is 3. The molecule has 4 aliphatic rings. The second-order valence-corrected chi connectivity index (χ2v) is 7.65. The molecule has 4 rings (SSSR count). The molecule has 22 heavy (non-hydrogen) atoms. The summed E-state index contributed by atoms with van der Waals surface area (Å²) in [4.78, 5) is 17.4. The summed E-state index contributed by atoms with van der Waals surface area (Å²) in [6, 6.07) is 0. The summed E-state index contributed by atoms with van der Waals surface area (Å²) < 4.78 is 5.42. The maximum absolute atomic E-state index is 13.0. The Morgan fingerprint density at radius 2 is 1.64 bits per heavy atom. The van der Waals surface area contributed by atoms with Crippen molar-refractivity contribution in [3.8, 4) is 0 Å². The van der Waals surface area contributed by atoms with Gasteiger partial charge in [0.1, 0.15) is 5.54 Å². The van der Waals surface area contributed by atoms with Gasteiger partial charge in [0, 0.05) is 26.2 Å². The molecule has 0 unspecified atom stereocenters. The van der Waals surface area contributed by atoms with Crippen LogP contribution in [0.5, 0.6) is 0 Å². The van der Waals surface area contributed by atoms with Crippen molar-refractivity contribution in [1.82, 2.24) is 9.80 Å². The molecule has 0 aromatic rings. The SMILES string of the molecule is O=C(N1CCC(O)(C2CCC2)CC1)C1(N2CCOCC2)CC1. The number of carbonyl (C=O) groups is 1. The molecule has 0 aromatic carbocycles. The van der Waals surface area contributed by atoms with Crippen LogP contribution in [0, 0.1) is 5.92 Å². The third kappa shape index (κ3) is 2.38. The molecule has 4 fully saturated rings. The van der Waals surface area contributed by atoms with E-state index in [4.69, 9.17) is 4.74 Å². The van der Waals surface area contributed by atoms with Gasteiger partial charge < -0.3 is 14.7 Å². The third-order valence-corrected chi connectivity index (χ3v) is 6.52. The lowest BCUT2D eigenvalue weighted by Gasteiger charge is -2.47. The van der Waals surface area contributed by atoms with Crippen LogP contribution in [0.25, 0.3) is 0 Å². The van der Waals surface area contributed by atoms with Crippen molar-refractivity contribution < 1.29 is 14.6 Å². The van der Waals surface area contributed by atoms with Crippen molar-refractivity contribution in [3.05, 3.63) is 0 Å². The van der Waals surface area contributed by atoms with Crippen molar-refractivity contribution >= 4 is 5.91 Å². The molecule has 1 N–H and O–H groups in total. The molecular formula is C17H28N2O3. The number of carbonyl (C=O) groups excluding carboxylic acids is 1. The topological polar surface area (TPSA) is 53.0 Å². The fourth-order valence-corrected chi connectivity index (χ4v) is 4.52. The largest absolute Gasteiger partial charge is 0.389 e. The van der Waals surface area contributed by atoms with E-state index in [1.807, 2.05) is 4.90 Å². The Hall–Kier alpha value is -0.650. The minimum atomic E-state index is -0.495. The lowest BCUT2D eigenvalue weighted by molar-refractivity contribution is -0.148. The average Bonchev–Trinajstić information content (AvgIpc) is 3.28. The summed E-state index contributed by atoms with van der Waals surface area (Å²) in [7, 11) is 0. The number of piperidine rings is 1. The predicted molar refractivity (Wildman–Crippen MR) is 82.5 cm³/mol. The van der Waals surface area contributed by atoms with Crippen LogP contribution < -0.4 is 0 Å². The number of nitrogens with zero attached hydrogens (tertiary/aromatic N) is 2. The number of likely N-dealkylation sites (tertiary alicyclic amines) is 1. The minimum absolute atomic E-state index is 0.226. The number of aliphatic hydroxyl groups is 1. The highest BCUT2D eigenvalue weighted by molar-refractivity contribution is 5.89. The van der Waals surface area contributed by atoms with Gasteiger partial charge in [0.15, 0.2) is 0 Å². The number of hydrogen-bond acceptors (Lipinski definition) is 4. The molecule has 2 saturated carbocycles. The molecular weight excluding hydrogens is 280 g/mol. The lowest BCUT2D eigenvalue weighted by atomic mass is 9.69. The molecule has 2 aliphatic carbocycles. The van der Waals surface area contributed by atoms with E-state index < -0.39 is 5.60 Å². The molecule has 5 heteroatoms. The third-order valence-electron chi connectivity index (χ3n) is 6.52. The van der Waals surface area contributed by atoms with Crippen LogP contribution in [0.1, 0.15) is 44.9 Å². The highest BCUT2D eigenvalue weighted by atomic mass is 16.5. The van der Waals surface area contributed by atoms with Gasteiger partial charge in [0.2, 0.25) is 5.91 Å². The van der Waals surface area contributed by atoms with E-state index in [0.29, 0.717) is 11.8 Å². The monoisotopic (exact) mass is 308 g/mol. The number of hydrogen-bond donors (Lipinski definition) is 1. The number of ether oxygens (including phenoxy) is 1. The lowest BCUT2D eigenvalue weighted by Crippen LogP contribution is -2.58. The van der Waals surface area contributed by atoms with E-state index in [0.717, 1.165) is 65.1 Å². The van der Waals surface area contributed by atoms with Gasteiger partial charge in [0.05, 0.1) is 18.8 Å². The second-order valence-electron chi connectivity index (χ2n) is 7.65. The Morgan fingerprint density at radius 1 is 1.00 bits per heavy atom. The van der Waals surface area contributed by atoms with Crippen molar-refractivity contribution in [3.63, 3.8) is 0 Å². The first-order chi connectivity index (χ1) is 10.6. The van der Waals surface area contributed by atoms with Gasteiger partial charge in [-0.2, -0.15) is 0 Å². The molecule has 0 spiro atoms. The zero-order valence-electron chi connectivity index (χ0n) is 13.4. The quantitative estimate of drug-likeness (QED) is 0.845. The first-order valence-corrected chi connectivity index (χ1v) is 8.99. The van der Waals surface area contributed by atoms with Gasteiger partial charge in [-0.15, -0.1) is 0 Å². The van der Waals surface area contributed by atoms with E-state index in [9.17, 15) is 9.90 Å².